The summed E-state index contributed by atoms with van der Waals surface area (Å²) in [5, 5.41) is 1.91. The van der Waals surface area contributed by atoms with Crippen molar-refractivity contribution in [2.24, 2.45) is 5.92 Å². The second-order valence-corrected chi connectivity index (χ2v) is 8.64. The summed E-state index contributed by atoms with van der Waals surface area (Å²) in [5.41, 5.74) is 1.82. The number of carbonyl (C=O) groups is 2. The molecule has 5 nitrogen and oxygen atoms in total. The van der Waals surface area contributed by atoms with Crippen LogP contribution in [0.1, 0.15) is 39.4 Å². The molecule has 150 valence electrons. The van der Waals surface area contributed by atoms with Crippen LogP contribution in [-0.4, -0.2) is 60.5 Å². The van der Waals surface area contributed by atoms with Crippen LogP contribution in [-0.2, 0) is 4.74 Å². The number of amides is 2. The highest BCUT2D eigenvalue weighted by molar-refractivity contribution is 7.12. The van der Waals surface area contributed by atoms with Crippen LogP contribution in [0.3, 0.4) is 0 Å². The Morgan fingerprint density at radius 1 is 1.25 bits per heavy atom. The molecule has 2 heterocycles. The van der Waals surface area contributed by atoms with Crippen LogP contribution in [0.15, 0.2) is 41.8 Å². The van der Waals surface area contributed by atoms with Crippen molar-refractivity contribution >= 4 is 23.2 Å². The highest BCUT2D eigenvalue weighted by Crippen LogP contribution is 2.17. The first-order valence-corrected chi connectivity index (χ1v) is 10.6. The van der Waals surface area contributed by atoms with Gasteiger partial charge in [-0.25, -0.2) is 0 Å². The molecule has 0 saturated carbocycles. The van der Waals surface area contributed by atoms with Gasteiger partial charge >= 0.3 is 0 Å². The molecule has 0 N–H and O–H groups in total. The zero-order chi connectivity index (χ0) is 20.1. The highest BCUT2D eigenvalue weighted by Gasteiger charge is 2.29. The summed E-state index contributed by atoms with van der Waals surface area (Å²) in [6.07, 6.45) is -0.175. The zero-order valence-corrected chi connectivity index (χ0v) is 17.6. The minimum absolute atomic E-state index is 0.0130. The molecular formula is C22H28N2O3S. The van der Waals surface area contributed by atoms with E-state index in [1.54, 1.807) is 0 Å². The van der Waals surface area contributed by atoms with Crippen LogP contribution in [0.25, 0.3) is 0 Å². The summed E-state index contributed by atoms with van der Waals surface area (Å²) in [4.78, 5) is 30.2. The molecule has 1 aliphatic rings. The molecular weight excluding hydrogens is 372 g/mol. The molecule has 1 unspecified atom stereocenters. The molecule has 2 amide bonds. The van der Waals surface area contributed by atoms with Crippen LogP contribution in [0.2, 0.25) is 0 Å². The van der Waals surface area contributed by atoms with Crippen molar-refractivity contribution in [2.45, 2.75) is 26.9 Å². The maximum Gasteiger partial charge on any atom is 0.264 e. The Morgan fingerprint density at radius 2 is 2.00 bits per heavy atom. The zero-order valence-electron chi connectivity index (χ0n) is 16.8. The maximum absolute atomic E-state index is 13.1. The van der Waals surface area contributed by atoms with Crippen molar-refractivity contribution in [2.75, 3.05) is 32.8 Å². The average molecular weight is 401 g/mol. The van der Waals surface area contributed by atoms with Gasteiger partial charge in [-0.2, -0.15) is 0 Å². The van der Waals surface area contributed by atoms with Crippen LogP contribution in [0.4, 0.5) is 0 Å². The molecule has 1 fully saturated rings. The van der Waals surface area contributed by atoms with E-state index in [2.05, 4.69) is 13.8 Å². The Balaban J connectivity index is 1.68. The van der Waals surface area contributed by atoms with E-state index in [9.17, 15) is 9.59 Å². The van der Waals surface area contributed by atoms with Crippen molar-refractivity contribution in [3.05, 3.63) is 57.8 Å². The number of hydrogen-bond donors (Lipinski definition) is 0. The lowest BCUT2D eigenvalue weighted by Crippen LogP contribution is -2.51. The standard InChI is InChI=1S/C22H28N2O3S/c1-16(2)13-24(21(25)18-8-6-17(3)7-9-18)15-19-14-23(10-11-27-19)22(26)20-5-4-12-28-20/h4-9,12,16,19H,10-11,13-15H2,1-3H3. The van der Waals surface area contributed by atoms with E-state index in [0.29, 0.717) is 44.3 Å². The molecule has 1 aromatic carbocycles. The molecule has 0 aliphatic carbocycles. The van der Waals surface area contributed by atoms with Gasteiger partial charge in [0, 0.05) is 31.7 Å². The van der Waals surface area contributed by atoms with Gasteiger partial charge in [0.05, 0.1) is 17.6 Å². The summed E-state index contributed by atoms with van der Waals surface area (Å²) in [7, 11) is 0. The molecule has 1 atom stereocenters. The third kappa shape index (κ3) is 5.20. The summed E-state index contributed by atoms with van der Waals surface area (Å²) in [6.45, 7) is 8.94. The number of rotatable bonds is 6. The van der Waals surface area contributed by atoms with Gasteiger partial charge < -0.3 is 14.5 Å². The molecule has 6 heteroatoms. The number of hydrogen-bond acceptors (Lipinski definition) is 4. The summed E-state index contributed by atoms with van der Waals surface area (Å²) >= 11 is 1.45. The molecule has 1 saturated heterocycles. The van der Waals surface area contributed by atoms with E-state index in [-0.39, 0.29) is 17.9 Å². The molecule has 2 aromatic rings. The average Bonchev–Trinajstić information content (AvgIpc) is 3.21. The van der Waals surface area contributed by atoms with Gasteiger partial charge in [0.2, 0.25) is 0 Å². The third-order valence-corrected chi connectivity index (χ3v) is 5.61. The predicted molar refractivity (Wildman–Crippen MR) is 112 cm³/mol. The smallest absolute Gasteiger partial charge is 0.264 e. The molecule has 3 rings (SSSR count). The minimum atomic E-state index is -0.175. The summed E-state index contributed by atoms with van der Waals surface area (Å²) < 4.78 is 5.91. The van der Waals surface area contributed by atoms with Gasteiger partial charge in [0.25, 0.3) is 11.8 Å². The fourth-order valence-corrected chi connectivity index (χ4v) is 4.07. The summed E-state index contributed by atoms with van der Waals surface area (Å²) in [5.74, 6) is 0.407. The monoisotopic (exact) mass is 400 g/mol. The van der Waals surface area contributed by atoms with Crippen molar-refractivity contribution in [3.8, 4) is 0 Å². The Bertz CT molecular complexity index is 787. The Labute approximate surface area is 170 Å². The van der Waals surface area contributed by atoms with E-state index < -0.39 is 0 Å². The molecule has 0 radical (unpaired) electrons. The van der Waals surface area contributed by atoms with Gasteiger partial charge in [-0.05, 0) is 36.4 Å². The largest absolute Gasteiger partial charge is 0.373 e. The highest BCUT2D eigenvalue weighted by atomic mass is 32.1. The fourth-order valence-electron chi connectivity index (χ4n) is 3.38. The maximum atomic E-state index is 13.1. The predicted octanol–water partition coefficient (Wildman–Crippen LogP) is 3.70. The molecule has 1 aromatic heterocycles. The number of thiophene rings is 1. The van der Waals surface area contributed by atoms with Gasteiger partial charge in [0.15, 0.2) is 0 Å². The second kappa shape index (κ2) is 9.34. The first-order chi connectivity index (χ1) is 13.4. The van der Waals surface area contributed by atoms with E-state index in [1.807, 2.05) is 58.5 Å². The number of aryl methyl sites for hydroxylation is 1. The van der Waals surface area contributed by atoms with Gasteiger partial charge in [0.1, 0.15) is 0 Å². The Morgan fingerprint density at radius 3 is 2.64 bits per heavy atom. The quantitative estimate of drug-likeness (QED) is 0.743. The summed E-state index contributed by atoms with van der Waals surface area (Å²) in [6, 6.07) is 11.4. The van der Waals surface area contributed by atoms with Crippen LogP contribution >= 0.6 is 11.3 Å². The van der Waals surface area contributed by atoms with Crippen molar-refractivity contribution < 1.29 is 14.3 Å². The van der Waals surface area contributed by atoms with Gasteiger partial charge in [-0.15, -0.1) is 11.3 Å². The lowest BCUT2D eigenvalue weighted by molar-refractivity contribution is -0.0338. The lowest BCUT2D eigenvalue weighted by atomic mass is 10.1. The topological polar surface area (TPSA) is 49.9 Å². The van der Waals surface area contributed by atoms with E-state index in [1.165, 1.54) is 11.3 Å². The van der Waals surface area contributed by atoms with E-state index >= 15 is 0 Å². The number of carbonyl (C=O) groups excluding carboxylic acids is 2. The lowest BCUT2D eigenvalue weighted by Gasteiger charge is -2.36. The van der Waals surface area contributed by atoms with E-state index in [4.69, 9.17) is 4.74 Å². The SMILES string of the molecule is Cc1ccc(C(=O)N(CC(C)C)CC2CN(C(=O)c3cccs3)CCO2)cc1. The van der Waals surface area contributed by atoms with E-state index in [0.717, 1.165) is 10.4 Å². The number of ether oxygens (including phenoxy) is 1. The number of morpholine rings is 1. The first kappa shape index (κ1) is 20.6. The van der Waals surface area contributed by atoms with Crippen molar-refractivity contribution in [3.63, 3.8) is 0 Å². The van der Waals surface area contributed by atoms with Crippen LogP contribution in [0.5, 0.6) is 0 Å². The van der Waals surface area contributed by atoms with Gasteiger partial charge in [-0.1, -0.05) is 37.6 Å². The molecule has 0 bridgehead atoms. The molecule has 0 spiro atoms. The fraction of sp³-hybridized carbons (Fsp3) is 0.455. The van der Waals surface area contributed by atoms with Crippen molar-refractivity contribution in [1.29, 1.82) is 0 Å². The van der Waals surface area contributed by atoms with Gasteiger partial charge in [-0.3, -0.25) is 9.59 Å². The second-order valence-electron chi connectivity index (χ2n) is 7.69. The minimum Gasteiger partial charge on any atom is -0.373 e. The number of nitrogens with zero attached hydrogens (tertiary/aromatic N) is 2. The molecule has 28 heavy (non-hydrogen) atoms. The van der Waals surface area contributed by atoms with Crippen molar-refractivity contribution in [1.82, 2.24) is 9.80 Å². The molecule has 1 aliphatic heterocycles. The first-order valence-electron chi connectivity index (χ1n) is 9.74. The van der Waals surface area contributed by atoms with Crippen LogP contribution < -0.4 is 0 Å². The third-order valence-electron chi connectivity index (χ3n) is 4.75. The number of benzene rings is 1. The Hall–Kier alpha value is -2.18. The normalized spacial score (nSPS) is 17.0. The Kier molecular flexibility index (Phi) is 6.86. The van der Waals surface area contributed by atoms with Crippen LogP contribution in [0, 0.1) is 12.8 Å².